The van der Waals surface area contributed by atoms with Crippen molar-refractivity contribution in [3.8, 4) is 0 Å². The first-order chi connectivity index (χ1) is 3.13. The van der Waals surface area contributed by atoms with Crippen LogP contribution in [0.2, 0.25) is 0 Å². The van der Waals surface area contributed by atoms with Crippen molar-refractivity contribution < 1.29 is 17.1 Å². The molecule has 4 heteroatoms. The van der Waals surface area contributed by atoms with Crippen LogP contribution in [0.15, 0.2) is 0 Å². The molecule has 0 amide bonds. The Bertz CT molecular complexity index is 74.4. The summed E-state index contributed by atoms with van der Waals surface area (Å²) in [6.45, 7) is 4.12. The minimum Gasteiger partial charge on any atom is -0.385 e. The molecule has 0 aromatic carbocycles. The van der Waals surface area contributed by atoms with Gasteiger partial charge in [-0.1, -0.05) is 37.8 Å². The van der Waals surface area contributed by atoms with Crippen LogP contribution in [0.1, 0.15) is 13.8 Å². The summed E-state index contributed by atoms with van der Waals surface area (Å²) < 4.78 is 0.537. The predicted octanol–water partition coefficient (Wildman–Crippen LogP) is 1.37. The second kappa shape index (κ2) is 5.89. The fraction of sp³-hybridized carbons (Fsp3) is 0.750. The van der Waals surface area contributed by atoms with Gasteiger partial charge >= 0.3 is 0 Å². The summed E-state index contributed by atoms with van der Waals surface area (Å²) in [7, 11) is 0. The van der Waals surface area contributed by atoms with E-state index in [2.05, 4.69) is 26.1 Å². The van der Waals surface area contributed by atoms with Gasteiger partial charge in [-0.3, -0.25) is 0 Å². The van der Waals surface area contributed by atoms with Crippen molar-refractivity contribution in [2.75, 3.05) is 0 Å². The second-order valence-electron chi connectivity index (χ2n) is 1.49. The zero-order valence-corrected chi connectivity index (χ0v) is 7.35. The van der Waals surface area contributed by atoms with Crippen molar-refractivity contribution in [1.29, 1.82) is 0 Å². The van der Waals surface area contributed by atoms with E-state index in [9.17, 15) is 0 Å². The molecule has 0 saturated carbocycles. The fourth-order valence-electron chi connectivity index (χ4n) is 0.232. The Morgan fingerprint density at radius 3 is 2.00 bits per heavy atom. The van der Waals surface area contributed by atoms with E-state index in [0.29, 0.717) is 9.57 Å². The molecule has 1 nitrogen and oxygen atoms in total. The predicted molar refractivity (Wildman–Crippen MR) is 39.5 cm³/mol. The molecule has 0 atom stereocenters. The first kappa shape index (κ1) is 11.5. The summed E-state index contributed by atoms with van der Waals surface area (Å²) in [5.74, 6) is 0. The molecular weight excluding hydrogens is 190 g/mol. The number of rotatable bonds is 1. The molecule has 1 radical (unpaired) electrons. The van der Waals surface area contributed by atoms with Crippen molar-refractivity contribution in [2.45, 2.75) is 19.1 Å². The zero-order valence-electron chi connectivity index (χ0n) is 4.77. The van der Waals surface area contributed by atoms with E-state index >= 15 is 0 Å². The molecule has 0 aliphatic heterocycles. The van der Waals surface area contributed by atoms with Gasteiger partial charge in [-0.25, -0.2) is 0 Å². The largest absolute Gasteiger partial charge is 0.385 e. The summed E-state index contributed by atoms with van der Waals surface area (Å²) in [6, 6.07) is 0. The van der Waals surface area contributed by atoms with Gasteiger partial charge in [0.05, 0.1) is 0 Å². The van der Waals surface area contributed by atoms with Crippen LogP contribution in [-0.4, -0.2) is 9.57 Å². The van der Waals surface area contributed by atoms with Crippen molar-refractivity contribution in [1.82, 2.24) is 0 Å². The minimum atomic E-state index is 0. The Labute approximate surface area is 70.3 Å². The van der Waals surface area contributed by atoms with Crippen LogP contribution in [0.25, 0.3) is 0 Å². The summed E-state index contributed by atoms with van der Waals surface area (Å²) >= 11 is 6.13. The Morgan fingerprint density at radius 1 is 1.62 bits per heavy atom. The van der Waals surface area contributed by atoms with E-state index in [1.807, 2.05) is 0 Å². The van der Waals surface area contributed by atoms with Crippen molar-refractivity contribution in [3.63, 3.8) is 0 Å². The van der Waals surface area contributed by atoms with E-state index in [1.54, 1.807) is 0 Å². The first-order valence-electron chi connectivity index (χ1n) is 2.09. The van der Waals surface area contributed by atoms with Crippen molar-refractivity contribution in [2.24, 2.45) is 5.73 Å². The molecule has 0 unspecified atom stereocenters. The molecule has 0 fully saturated rings. The molecule has 0 aliphatic carbocycles. The Hall–Kier alpha value is 0.759. The monoisotopic (exact) mass is 198 g/mol. The third kappa shape index (κ3) is 9.90. The number of nitrogens with two attached hydrogens (primary N) is 1. The molecule has 0 bridgehead atoms. The van der Waals surface area contributed by atoms with Gasteiger partial charge in [-0.15, -0.1) is 0 Å². The van der Waals surface area contributed by atoms with Gasteiger partial charge in [0.2, 0.25) is 0 Å². The van der Waals surface area contributed by atoms with Crippen LogP contribution in [0.4, 0.5) is 0 Å². The van der Waals surface area contributed by atoms with E-state index in [-0.39, 0.29) is 17.1 Å². The summed E-state index contributed by atoms with van der Waals surface area (Å²) in [6.07, 6.45) is 0. The normalized spacial score (nSPS) is 8.38. The van der Waals surface area contributed by atoms with E-state index in [0.717, 1.165) is 0 Å². The Balaban J connectivity index is 0. The smallest absolute Gasteiger partial charge is 0.131 e. The molecule has 8 heavy (non-hydrogen) atoms. The van der Waals surface area contributed by atoms with Crippen LogP contribution in [0.5, 0.6) is 0 Å². The Morgan fingerprint density at radius 2 is 2.00 bits per heavy atom. The van der Waals surface area contributed by atoms with Gasteiger partial charge < -0.3 is 5.73 Å². The fourth-order valence-corrected chi connectivity index (χ4v) is 1.27. The molecule has 53 valence electrons. The molecule has 0 saturated heterocycles. The molecule has 0 heterocycles. The third-order valence-electron chi connectivity index (χ3n) is 0.352. The topological polar surface area (TPSA) is 26.0 Å². The molecule has 2 N–H and O–H groups in total. The van der Waals surface area contributed by atoms with Gasteiger partial charge in [0, 0.05) is 22.3 Å². The number of hydrogen-bond donors (Lipinski definition) is 1. The minimum absolute atomic E-state index is 0. The van der Waals surface area contributed by atoms with Gasteiger partial charge in [-0.05, 0) is 0 Å². The van der Waals surface area contributed by atoms with Crippen molar-refractivity contribution in [3.05, 3.63) is 0 Å². The van der Waals surface area contributed by atoms with Gasteiger partial charge in [0.1, 0.15) is 4.32 Å². The maximum Gasteiger partial charge on any atom is 0.131 e. The van der Waals surface area contributed by atoms with Crippen LogP contribution in [-0.2, 0) is 17.1 Å². The van der Waals surface area contributed by atoms with E-state index in [1.165, 1.54) is 11.8 Å². The second-order valence-corrected chi connectivity index (χ2v) is 3.80. The maximum absolute atomic E-state index is 5.19. The molecular formula is C4H9CuNS2. The van der Waals surface area contributed by atoms with E-state index < -0.39 is 0 Å². The van der Waals surface area contributed by atoms with E-state index in [4.69, 9.17) is 5.73 Å². The standard InChI is InChI=1S/C4H9NS2.Cu/c1-3(2)7-4(5)6;/h3H,1-2H3,(H2,5,6);. The number of hydrogen-bond acceptors (Lipinski definition) is 2. The molecule has 0 rings (SSSR count). The number of thiocarbonyl (C=S) groups is 1. The SMILES string of the molecule is CC(C)SC(N)=S.[Cu]. The van der Waals surface area contributed by atoms with Gasteiger partial charge in [-0.2, -0.15) is 0 Å². The zero-order chi connectivity index (χ0) is 5.86. The van der Waals surface area contributed by atoms with Crippen LogP contribution < -0.4 is 5.73 Å². The summed E-state index contributed by atoms with van der Waals surface area (Å²) in [5, 5.41) is 0.525. The van der Waals surface area contributed by atoms with Gasteiger partial charge in [0.15, 0.2) is 0 Å². The van der Waals surface area contributed by atoms with Crippen LogP contribution in [0.3, 0.4) is 0 Å². The molecule has 0 spiro atoms. The first-order valence-corrected chi connectivity index (χ1v) is 3.38. The van der Waals surface area contributed by atoms with Crippen molar-refractivity contribution >= 4 is 28.3 Å². The number of thioether (sulfide) groups is 1. The molecule has 0 aromatic heterocycles. The molecule has 0 aliphatic rings. The van der Waals surface area contributed by atoms with Gasteiger partial charge in [0.25, 0.3) is 0 Å². The van der Waals surface area contributed by atoms with Crippen LogP contribution in [0, 0.1) is 0 Å². The molecule has 0 aromatic rings. The average molecular weight is 199 g/mol. The quantitative estimate of drug-likeness (QED) is 0.509. The average Bonchev–Trinajstić information content (AvgIpc) is 1.27. The summed E-state index contributed by atoms with van der Waals surface area (Å²) in [4.78, 5) is 0. The van der Waals surface area contributed by atoms with Crippen LogP contribution >= 0.6 is 24.0 Å². The Kier molecular flexibility index (Phi) is 8.50. The maximum atomic E-state index is 5.19. The summed E-state index contributed by atoms with van der Waals surface area (Å²) in [5.41, 5.74) is 5.19. The third-order valence-corrected chi connectivity index (χ3v) is 1.34.